The van der Waals surface area contributed by atoms with E-state index < -0.39 is 66.9 Å². The number of nitrogens with one attached hydrogen (secondary N) is 4. The van der Waals surface area contributed by atoms with Crippen LogP contribution >= 0.6 is 0 Å². The first-order chi connectivity index (χ1) is 14.5. The monoisotopic (exact) mass is 442 g/mol. The van der Waals surface area contributed by atoms with Crippen molar-refractivity contribution in [3.05, 3.63) is 18.2 Å². The van der Waals surface area contributed by atoms with E-state index >= 15 is 0 Å². The Morgan fingerprint density at radius 2 is 1.68 bits per heavy atom. The quantitative estimate of drug-likeness (QED) is 0.151. The van der Waals surface area contributed by atoms with E-state index in [1.54, 1.807) is 0 Å². The predicted octanol–water partition coefficient (Wildman–Crippen LogP) is -3.30. The number of aromatic nitrogens is 2. The number of carbonyl (C=O) groups excluding carboxylic acids is 3. The lowest BCUT2D eigenvalue weighted by molar-refractivity contribution is -0.142. The fraction of sp³-hybridized carbons (Fsp3) is 0.529. The maximum absolute atomic E-state index is 12.5. The summed E-state index contributed by atoms with van der Waals surface area (Å²) in [7, 11) is 0. The molecule has 1 aromatic heterocycles. The average Bonchev–Trinajstić information content (AvgIpc) is 3.21. The van der Waals surface area contributed by atoms with Gasteiger partial charge in [0.1, 0.15) is 18.1 Å². The second-order valence-corrected chi connectivity index (χ2v) is 6.69. The number of rotatable bonds is 13. The highest BCUT2D eigenvalue weighted by molar-refractivity contribution is 5.94. The molecule has 0 aromatic carbocycles. The lowest BCUT2D eigenvalue weighted by Gasteiger charge is -2.23. The van der Waals surface area contributed by atoms with Crippen molar-refractivity contribution >= 4 is 29.7 Å². The van der Waals surface area contributed by atoms with Crippen molar-refractivity contribution in [3.8, 4) is 0 Å². The number of carbonyl (C=O) groups is 5. The molecular weight excluding hydrogens is 416 g/mol. The molecule has 0 saturated carbocycles. The largest absolute Gasteiger partial charge is 0.481 e. The second kappa shape index (κ2) is 12.2. The Labute approximate surface area is 176 Å². The van der Waals surface area contributed by atoms with Gasteiger partial charge < -0.3 is 42.0 Å². The molecular formula is C17H26N6O8. The fourth-order valence-corrected chi connectivity index (χ4v) is 2.38. The van der Waals surface area contributed by atoms with Crippen molar-refractivity contribution in [1.82, 2.24) is 25.9 Å². The highest BCUT2D eigenvalue weighted by Crippen LogP contribution is 2.02. The van der Waals surface area contributed by atoms with Crippen molar-refractivity contribution in [2.75, 3.05) is 6.61 Å². The Bertz CT molecular complexity index is 784. The molecule has 0 spiro atoms. The standard InChI is InChI=1S/C17H26N6O8/c1-8(17(30)31)21-16(29)12(6-24)23-15(28)11(2-3-13(25)26)22-14(27)10(18)4-9-5-19-7-20-9/h5,7-8,10-12,24H,2-4,6,18H2,1H3,(H,19,20)(H,21,29)(H,22,27)(H,23,28)(H,25,26)(H,30,31). The van der Waals surface area contributed by atoms with Gasteiger partial charge in [0.05, 0.1) is 19.0 Å². The van der Waals surface area contributed by atoms with E-state index in [0.717, 1.165) is 0 Å². The van der Waals surface area contributed by atoms with Gasteiger partial charge in [-0.15, -0.1) is 0 Å². The molecule has 4 unspecified atom stereocenters. The van der Waals surface area contributed by atoms with Crippen LogP contribution in [0.5, 0.6) is 0 Å². The van der Waals surface area contributed by atoms with Gasteiger partial charge in [0.25, 0.3) is 0 Å². The zero-order chi connectivity index (χ0) is 23.6. The van der Waals surface area contributed by atoms with Crippen molar-refractivity contribution < 1.29 is 39.3 Å². The van der Waals surface area contributed by atoms with Crippen molar-refractivity contribution in [2.45, 2.75) is 50.4 Å². The van der Waals surface area contributed by atoms with Crippen LogP contribution in [0.4, 0.5) is 0 Å². The SMILES string of the molecule is CC(NC(=O)C(CO)NC(=O)C(CCC(=O)O)NC(=O)C(N)Cc1cnc[nH]1)C(=O)O. The molecule has 0 radical (unpaired) electrons. The van der Waals surface area contributed by atoms with Crippen molar-refractivity contribution in [3.63, 3.8) is 0 Å². The molecule has 172 valence electrons. The van der Waals surface area contributed by atoms with Crippen LogP contribution in [0.25, 0.3) is 0 Å². The molecule has 1 aromatic rings. The maximum atomic E-state index is 12.5. The smallest absolute Gasteiger partial charge is 0.325 e. The fourth-order valence-electron chi connectivity index (χ4n) is 2.38. The minimum absolute atomic E-state index is 0.0772. The van der Waals surface area contributed by atoms with Gasteiger partial charge in [-0.1, -0.05) is 0 Å². The van der Waals surface area contributed by atoms with Crippen LogP contribution in [0.2, 0.25) is 0 Å². The van der Waals surface area contributed by atoms with Gasteiger partial charge in [0.15, 0.2) is 0 Å². The third-order valence-corrected chi connectivity index (χ3v) is 4.16. The number of nitrogens with zero attached hydrogens (tertiary/aromatic N) is 1. The van der Waals surface area contributed by atoms with Gasteiger partial charge in [0.2, 0.25) is 17.7 Å². The number of amides is 3. The first kappa shape index (κ1) is 25.5. The number of nitrogens with two attached hydrogens (primary N) is 1. The number of aliphatic hydroxyl groups excluding tert-OH is 1. The van der Waals surface area contributed by atoms with E-state index in [0.29, 0.717) is 5.69 Å². The van der Waals surface area contributed by atoms with Crippen LogP contribution in [0.1, 0.15) is 25.5 Å². The van der Waals surface area contributed by atoms with E-state index in [-0.39, 0.29) is 12.8 Å². The van der Waals surface area contributed by atoms with Gasteiger partial charge in [-0.3, -0.25) is 24.0 Å². The van der Waals surface area contributed by atoms with Crippen LogP contribution in [0.15, 0.2) is 12.5 Å². The van der Waals surface area contributed by atoms with Gasteiger partial charge in [-0.25, -0.2) is 4.98 Å². The summed E-state index contributed by atoms with van der Waals surface area (Å²) >= 11 is 0. The Morgan fingerprint density at radius 3 is 2.19 bits per heavy atom. The van der Waals surface area contributed by atoms with E-state index in [2.05, 4.69) is 25.9 Å². The summed E-state index contributed by atoms with van der Waals surface area (Å²) in [5.41, 5.74) is 6.37. The van der Waals surface area contributed by atoms with E-state index in [1.165, 1.54) is 19.4 Å². The number of hydrogen-bond acceptors (Lipinski definition) is 8. The Kier molecular flexibility index (Phi) is 10.1. The van der Waals surface area contributed by atoms with Gasteiger partial charge in [-0.05, 0) is 13.3 Å². The molecule has 0 saturated heterocycles. The van der Waals surface area contributed by atoms with Gasteiger partial charge in [-0.2, -0.15) is 0 Å². The van der Waals surface area contributed by atoms with Crippen LogP contribution < -0.4 is 21.7 Å². The Morgan fingerprint density at radius 1 is 1.06 bits per heavy atom. The normalized spacial score (nSPS) is 14.5. The molecule has 14 heteroatoms. The summed E-state index contributed by atoms with van der Waals surface area (Å²) in [6.07, 6.45) is 2.15. The molecule has 0 bridgehead atoms. The number of carboxylic acids is 2. The van der Waals surface area contributed by atoms with Crippen molar-refractivity contribution in [1.29, 1.82) is 0 Å². The zero-order valence-corrected chi connectivity index (χ0v) is 16.7. The zero-order valence-electron chi connectivity index (χ0n) is 16.7. The van der Waals surface area contributed by atoms with Gasteiger partial charge >= 0.3 is 11.9 Å². The Hall–Kier alpha value is -3.52. The molecule has 0 aliphatic carbocycles. The lowest BCUT2D eigenvalue weighted by Crippen LogP contribution is -2.58. The molecule has 9 N–H and O–H groups in total. The first-order valence-electron chi connectivity index (χ1n) is 9.24. The molecule has 3 amide bonds. The van der Waals surface area contributed by atoms with Crippen LogP contribution in [-0.2, 0) is 30.4 Å². The summed E-state index contributed by atoms with van der Waals surface area (Å²) in [6, 6.07) is -5.23. The van der Waals surface area contributed by atoms with Crippen LogP contribution in [0, 0.1) is 0 Å². The number of carboxylic acid groups (broad SMARTS) is 2. The highest BCUT2D eigenvalue weighted by Gasteiger charge is 2.29. The number of imidazole rings is 1. The molecule has 1 rings (SSSR count). The second-order valence-electron chi connectivity index (χ2n) is 6.69. The maximum Gasteiger partial charge on any atom is 0.325 e. The van der Waals surface area contributed by atoms with Crippen LogP contribution in [0.3, 0.4) is 0 Å². The molecule has 0 aliphatic rings. The molecule has 0 aliphatic heterocycles. The topological polar surface area (TPSA) is 237 Å². The van der Waals surface area contributed by atoms with E-state index in [9.17, 15) is 29.1 Å². The number of aromatic amines is 1. The predicted molar refractivity (Wildman–Crippen MR) is 103 cm³/mol. The number of aliphatic hydroxyl groups is 1. The Balaban J connectivity index is 2.81. The number of hydrogen-bond donors (Lipinski definition) is 8. The first-order valence-corrected chi connectivity index (χ1v) is 9.24. The van der Waals surface area contributed by atoms with Crippen molar-refractivity contribution in [2.24, 2.45) is 5.73 Å². The summed E-state index contributed by atoms with van der Waals surface area (Å²) in [4.78, 5) is 65.2. The van der Waals surface area contributed by atoms with Crippen LogP contribution in [-0.4, -0.2) is 85.7 Å². The third kappa shape index (κ3) is 8.79. The highest BCUT2D eigenvalue weighted by atomic mass is 16.4. The molecule has 31 heavy (non-hydrogen) atoms. The molecule has 1 heterocycles. The van der Waals surface area contributed by atoms with E-state index in [1.807, 2.05) is 0 Å². The minimum atomic E-state index is -1.52. The number of aliphatic carboxylic acids is 2. The summed E-state index contributed by atoms with van der Waals surface area (Å²) in [5, 5.41) is 33.7. The number of H-pyrrole nitrogens is 1. The minimum Gasteiger partial charge on any atom is -0.481 e. The molecule has 14 nitrogen and oxygen atoms in total. The summed E-state index contributed by atoms with van der Waals surface area (Å²) < 4.78 is 0. The van der Waals surface area contributed by atoms with E-state index in [4.69, 9.17) is 15.9 Å². The lowest BCUT2D eigenvalue weighted by atomic mass is 10.1. The molecule has 0 fully saturated rings. The average molecular weight is 442 g/mol. The van der Waals surface area contributed by atoms with Gasteiger partial charge in [0, 0.05) is 24.7 Å². The summed E-state index contributed by atoms with van der Waals surface area (Å²) in [5.74, 6) is -5.20. The molecule has 4 atom stereocenters. The third-order valence-electron chi connectivity index (χ3n) is 4.16. The summed E-state index contributed by atoms with van der Waals surface area (Å²) in [6.45, 7) is 0.330.